The van der Waals surface area contributed by atoms with Crippen molar-refractivity contribution in [3.63, 3.8) is 0 Å². The van der Waals surface area contributed by atoms with Crippen LogP contribution in [0.25, 0.3) is 11.1 Å². The average molecular weight is 717 g/mol. The molecule has 2 aliphatic carbocycles. The first kappa shape index (κ1) is 29.5. The Bertz CT molecular complexity index is 1450. The molecule has 0 bridgehead atoms. The van der Waals surface area contributed by atoms with Crippen molar-refractivity contribution in [2.45, 2.75) is 21.2 Å². The Morgan fingerprint density at radius 3 is 1.77 bits per heavy atom. The molecule has 0 aliphatic heterocycles. The molecular formula is C35H33Cl2HfN. The molecule has 0 spiro atoms. The number of allylic oxidation sites excluding steroid dienone is 4. The van der Waals surface area contributed by atoms with Crippen LogP contribution in [-0.4, -0.2) is 16.3 Å². The van der Waals surface area contributed by atoms with Gasteiger partial charge in [0.2, 0.25) is 0 Å². The zero-order valence-corrected chi connectivity index (χ0v) is 27.5. The predicted octanol–water partition coefficient (Wildman–Crippen LogP) is 2.41. The van der Waals surface area contributed by atoms with Crippen molar-refractivity contribution in [2.75, 3.05) is 18.0 Å². The third-order valence-electron chi connectivity index (χ3n) is 7.87. The maximum Gasteiger partial charge on any atom is -1.00 e. The molecule has 2 aliphatic rings. The second kappa shape index (κ2) is 13.2. The second-order valence-corrected chi connectivity index (χ2v) is 19.4. The molecule has 0 saturated carbocycles. The summed E-state index contributed by atoms with van der Waals surface area (Å²) in [6.45, 7) is 6.57. The summed E-state index contributed by atoms with van der Waals surface area (Å²) in [5.74, 6) is 0. The summed E-state index contributed by atoms with van der Waals surface area (Å²) in [5.41, 5.74) is 10.1. The molecule has 0 aromatic heterocycles. The Labute approximate surface area is 253 Å². The first-order chi connectivity index (χ1) is 18.3. The molecule has 4 heteroatoms. The number of halogens is 2. The number of fused-ring (bicyclic) bond motifs is 3. The van der Waals surface area contributed by atoms with Crippen molar-refractivity contribution in [1.29, 1.82) is 0 Å². The van der Waals surface area contributed by atoms with E-state index in [1.807, 2.05) is 0 Å². The summed E-state index contributed by atoms with van der Waals surface area (Å²) in [7, 11) is 0. The summed E-state index contributed by atoms with van der Waals surface area (Å²) in [4.78, 5) is 2.49. The molecule has 196 valence electrons. The quantitative estimate of drug-likeness (QED) is 0.266. The van der Waals surface area contributed by atoms with E-state index >= 15 is 0 Å². The Kier molecular flexibility index (Phi) is 9.99. The molecule has 1 unspecified atom stereocenters. The van der Waals surface area contributed by atoms with Crippen molar-refractivity contribution in [2.24, 2.45) is 0 Å². The Morgan fingerprint density at radius 2 is 1.18 bits per heavy atom. The fourth-order valence-corrected chi connectivity index (χ4v) is 19.8. The van der Waals surface area contributed by atoms with E-state index < -0.39 is 21.0 Å². The Hall–Kier alpha value is -2.52. The number of anilines is 1. The van der Waals surface area contributed by atoms with Crippen LogP contribution in [0.5, 0.6) is 0 Å². The van der Waals surface area contributed by atoms with Gasteiger partial charge in [-0.3, -0.25) is 0 Å². The molecule has 0 heterocycles. The molecule has 4 aromatic carbocycles. The van der Waals surface area contributed by atoms with Gasteiger partial charge in [-0.05, 0) is 0 Å². The summed E-state index contributed by atoms with van der Waals surface area (Å²) >= 11 is -2.78. The van der Waals surface area contributed by atoms with E-state index in [9.17, 15) is 0 Å². The molecule has 4 aromatic rings. The minimum absolute atomic E-state index is 0. The zero-order chi connectivity index (χ0) is 25.2. The van der Waals surface area contributed by atoms with Gasteiger partial charge in [-0.2, -0.15) is 0 Å². The minimum Gasteiger partial charge on any atom is -1.00 e. The van der Waals surface area contributed by atoms with E-state index in [0.29, 0.717) is 7.35 Å². The molecule has 0 amide bonds. The minimum atomic E-state index is -2.78. The van der Waals surface area contributed by atoms with Crippen LogP contribution in [-0.2, 0) is 21.0 Å². The summed E-state index contributed by atoms with van der Waals surface area (Å²) < 4.78 is 2.63. The van der Waals surface area contributed by atoms with E-state index in [0.717, 1.165) is 13.1 Å². The second-order valence-electron chi connectivity index (χ2n) is 9.82. The monoisotopic (exact) mass is 717 g/mol. The van der Waals surface area contributed by atoms with E-state index in [-0.39, 0.29) is 24.8 Å². The van der Waals surface area contributed by atoms with Crippen LogP contribution in [0.4, 0.5) is 5.69 Å². The number of hydrogen-bond donors (Lipinski definition) is 0. The largest absolute Gasteiger partial charge is 1.00 e. The van der Waals surface area contributed by atoms with Gasteiger partial charge in [0.15, 0.2) is 0 Å². The molecule has 0 saturated heterocycles. The van der Waals surface area contributed by atoms with E-state index in [1.54, 1.807) is 8.82 Å². The van der Waals surface area contributed by atoms with Gasteiger partial charge in [0.1, 0.15) is 0 Å². The number of nitrogens with zero attached hydrogens (tertiary/aromatic N) is 1. The fourth-order valence-electron chi connectivity index (χ4n) is 6.17. The van der Waals surface area contributed by atoms with Crippen LogP contribution < -0.4 is 29.7 Å². The summed E-state index contributed by atoms with van der Waals surface area (Å²) in [5, 5.41) is 0. The predicted molar refractivity (Wildman–Crippen MR) is 155 cm³/mol. The van der Waals surface area contributed by atoms with Gasteiger partial charge < -0.3 is 24.8 Å². The van der Waals surface area contributed by atoms with Gasteiger partial charge in [-0.1, -0.05) is 0 Å². The molecule has 0 radical (unpaired) electrons. The molecule has 1 nitrogen and oxygen atoms in total. The molecule has 0 fully saturated rings. The average Bonchev–Trinajstić information content (AvgIpc) is 3.60. The van der Waals surface area contributed by atoms with Gasteiger partial charge in [0.05, 0.1) is 0 Å². The van der Waals surface area contributed by atoms with Crippen molar-refractivity contribution in [1.82, 2.24) is 0 Å². The number of benzene rings is 4. The van der Waals surface area contributed by atoms with E-state index in [2.05, 4.69) is 146 Å². The number of rotatable bonds is 7. The van der Waals surface area contributed by atoms with E-state index in [1.165, 1.54) is 33.5 Å². The van der Waals surface area contributed by atoms with Gasteiger partial charge in [0, 0.05) is 0 Å². The van der Waals surface area contributed by atoms with Gasteiger partial charge in [0.25, 0.3) is 0 Å². The van der Waals surface area contributed by atoms with Gasteiger partial charge >= 0.3 is 230 Å². The maximum atomic E-state index is 2.54. The van der Waals surface area contributed by atoms with Gasteiger partial charge in [-0.25, -0.2) is 0 Å². The Morgan fingerprint density at radius 1 is 0.641 bits per heavy atom. The molecule has 1 atom stereocenters. The van der Waals surface area contributed by atoms with Crippen LogP contribution >= 0.6 is 0 Å². The standard InChI is InChI=1S/C17H18N.C13H10.C5H5.2ClH.Hf/c1-3-18(4-2)15-9-10-17-14(12-15)11-13-7-5-6-8-16(13)17;1-3-7-12(8-4-1)11-13-9-5-2-6-10-13;1-2-4-5-3-1;;;/h5-12H,3-4H2,1-2H3;1-10H;1-5H;2*1H;/q;;;;;+2/p-2. The normalized spacial score (nSPS) is 14.4. The molecule has 39 heavy (non-hydrogen) atoms. The molecule has 0 N–H and O–H groups in total. The topological polar surface area (TPSA) is 3.24 Å². The smallest absolute Gasteiger partial charge is 1.00 e. The van der Waals surface area contributed by atoms with Crippen molar-refractivity contribution in [3.8, 4) is 11.1 Å². The van der Waals surface area contributed by atoms with Crippen LogP contribution in [0, 0.1) is 0 Å². The van der Waals surface area contributed by atoms with Crippen LogP contribution in [0.1, 0.15) is 39.8 Å². The van der Waals surface area contributed by atoms with Gasteiger partial charge in [-0.15, -0.1) is 0 Å². The zero-order valence-electron chi connectivity index (χ0n) is 22.4. The third-order valence-corrected chi connectivity index (χ3v) is 20.4. The SMILES string of the molecule is CCN(CC)c1ccc2c(c1)[CH]([Hf+2](=[C](c1ccccc1)c1ccccc1)[CH]1C=CC=C1)c1ccccc1-2.[Cl-].[Cl-]. The van der Waals surface area contributed by atoms with Crippen LogP contribution in [0.15, 0.2) is 127 Å². The third kappa shape index (κ3) is 5.57. The van der Waals surface area contributed by atoms with Crippen molar-refractivity contribution in [3.05, 3.63) is 150 Å². The molecular weight excluding hydrogens is 684 g/mol. The summed E-state index contributed by atoms with van der Waals surface area (Å²) in [6, 6.07) is 38.9. The molecule has 6 rings (SSSR count). The first-order valence-electron chi connectivity index (χ1n) is 13.5. The fraction of sp³-hybridized carbons (Fsp3) is 0.171. The Balaban J connectivity index is 0.00000176. The maximum absolute atomic E-state index is 2.78. The van der Waals surface area contributed by atoms with Crippen LogP contribution in [0.2, 0.25) is 3.67 Å². The first-order valence-corrected chi connectivity index (χ1v) is 19.4. The van der Waals surface area contributed by atoms with E-state index in [4.69, 9.17) is 0 Å². The van der Waals surface area contributed by atoms with Crippen LogP contribution in [0.3, 0.4) is 0 Å². The van der Waals surface area contributed by atoms with Crippen molar-refractivity contribution >= 4 is 8.94 Å². The van der Waals surface area contributed by atoms with Crippen molar-refractivity contribution < 1.29 is 45.8 Å². The number of hydrogen-bond acceptors (Lipinski definition) is 1. The summed E-state index contributed by atoms with van der Waals surface area (Å²) in [6.07, 6.45) is 9.53.